The van der Waals surface area contributed by atoms with Crippen LogP contribution in [0.2, 0.25) is 0 Å². The molecule has 2 aliphatic heterocycles. The highest BCUT2D eigenvalue weighted by atomic mass is 16.5. The molecule has 2 heterocycles. The number of carbonyl (C=O) groups excluding carboxylic acids is 2. The van der Waals surface area contributed by atoms with Gasteiger partial charge in [0.05, 0.1) is 12.1 Å². The van der Waals surface area contributed by atoms with E-state index in [1.165, 1.54) is 0 Å². The second-order valence-electron chi connectivity index (χ2n) is 4.49. The lowest BCUT2D eigenvalue weighted by atomic mass is 10.1. The van der Waals surface area contributed by atoms with Crippen LogP contribution >= 0.6 is 0 Å². The highest BCUT2D eigenvalue weighted by molar-refractivity contribution is 6.35. The molecule has 2 atom stereocenters. The zero-order chi connectivity index (χ0) is 12.3. The van der Waals surface area contributed by atoms with Crippen molar-refractivity contribution >= 4 is 11.8 Å². The third-order valence-electron chi connectivity index (χ3n) is 3.29. The van der Waals surface area contributed by atoms with E-state index in [0.29, 0.717) is 19.7 Å². The second-order valence-corrected chi connectivity index (χ2v) is 4.49. The van der Waals surface area contributed by atoms with Crippen molar-refractivity contribution in [3.8, 4) is 0 Å². The average molecular weight is 241 g/mol. The van der Waals surface area contributed by atoms with Crippen LogP contribution in [-0.2, 0) is 14.3 Å². The van der Waals surface area contributed by atoms with Gasteiger partial charge in [0.15, 0.2) is 0 Å². The van der Waals surface area contributed by atoms with Gasteiger partial charge in [0.25, 0.3) is 0 Å². The van der Waals surface area contributed by atoms with Crippen LogP contribution in [0.25, 0.3) is 0 Å². The maximum atomic E-state index is 11.8. The average Bonchev–Trinajstić information content (AvgIpc) is 2.75. The Morgan fingerprint density at radius 2 is 2.06 bits per heavy atom. The van der Waals surface area contributed by atoms with Gasteiger partial charge >= 0.3 is 11.8 Å². The Morgan fingerprint density at radius 1 is 1.35 bits per heavy atom. The molecule has 2 aliphatic rings. The Labute approximate surface area is 101 Å². The highest BCUT2D eigenvalue weighted by Crippen LogP contribution is 2.12. The summed E-state index contributed by atoms with van der Waals surface area (Å²) in [5, 5.41) is 5.89. The topological polar surface area (TPSA) is 70.7 Å². The van der Waals surface area contributed by atoms with Crippen LogP contribution < -0.4 is 10.6 Å². The predicted octanol–water partition coefficient (Wildman–Crippen LogP) is -1.29. The number of hydrogen-bond donors (Lipinski definition) is 2. The fourth-order valence-corrected chi connectivity index (χ4v) is 2.16. The number of hydrogen-bond acceptors (Lipinski definition) is 4. The summed E-state index contributed by atoms with van der Waals surface area (Å²) in [6.45, 7) is 5.26. The lowest BCUT2D eigenvalue weighted by Gasteiger charge is -2.27. The summed E-state index contributed by atoms with van der Waals surface area (Å²) in [4.78, 5) is 25.2. The molecule has 0 aliphatic carbocycles. The van der Waals surface area contributed by atoms with Crippen molar-refractivity contribution in [2.24, 2.45) is 0 Å². The van der Waals surface area contributed by atoms with E-state index in [-0.39, 0.29) is 12.1 Å². The van der Waals surface area contributed by atoms with Gasteiger partial charge in [-0.15, -0.1) is 0 Å². The molecule has 2 saturated heterocycles. The quantitative estimate of drug-likeness (QED) is 0.561. The van der Waals surface area contributed by atoms with Gasteiger partial charge in [-0.25, -0.2) is 0 Å². The molecule has 0 aromatic carbocycles. The summed E-state index contributed by atoms with van der Waals surface area (Å²) >= 11 is 0. The van der Waals surface area contributed by atoms with E-state index in [9.17, 15) is 9.59 Å². The minimum atomic E-state index is -0.505. The first-order valence-electron chi connectivity index (χ1n) is 6.10. The zero-order valence-electron chi connectivity index (χ0n) is 10.1. The standard InChI is InChI=1S/C11H19N3O3/c1-8-9(2-7-17-8)13-10(15)11(16)14-5-3-12-4-6-14/h8-9,12H,2-7H2,1H3,(H,13,15). The molecule has 2 fully saturated rings. The smallest absolute Gasteiger partial charge is 0.311 e. The molecule has 17 heavy (non-hydrogen) atoms. The molecule has 2 N–H and O–H groups in total. The molecule has 0 spiro atoms. The Bertz CT molecular complexity index is 302. The van der Waals surface area contributed by atoms with E-state index < -0.39 is 11.8 Å². The van der Waals surface area contributed by atoms with Crippen LogP contribution in [0.15, 0.2) is 0 Å². The normalized spacial score (nSPS) is 29.1. The van der Waals surface area contributed by atoms with E-state index in [2.05, 4.69) is 10.6 Å². The summed E-state index contributed by atoms with van der Waals surface area (Å²) in [5.74, 6) is -0.931. The van der Waals surface area contributed by atoms with Crippen molar-refractivity contribution in [2.45, 2.75) is 25.5 Å². The van der Waals surface area contributed by atoms with E-state index >= 15 is 0 Å². The third-order valence-corrected chi connectivity index (χ3v) is 3.29. The number of nitrogens with one attached hydrogen (secondary N) is 2. The van der Waals surface area contributed by atoms with Gasteiger partial charge in [0.1, 0.15) is 0 Å². The first-order chi connectivity index (χ1) is 8.18. The number of ether oxygens (including phenoxy) is 1. The first-order valence-corrected chi connectivity index (χ1v) is 6.10. The number of rotatable bonds is 1. The fraction of sp³-hybridized carbons (Fsp3) is 0.818. The van der Waals surface area contributed by atoms with Crippen molar-refractivity contribution in [2.75, 3.05) is 32.8 Å². The lowest BCUT2D eigenvalue weighted by molar-refractivity contribution is -0.146. The molecule has 0 saturated carbocycles. The summed E-state index contributed by atoms with van der Waals surface area (Å²) in [6, 6.07) is -0.0330. The lowest BCUT2D eigenvalue weighted by Crippen LogP contribution is -2.53. The number of piperazine rings is 1. The molecule has 0 radical (unpaired) electrons. The van der Waals surface area contributed by atoms with Crippen LogP contribution in [0.3, 0.4) is 0 Å². The predicted molar refractivity (Wildman–Crippen MR) is 61.4 cm³/mol. The van der Waals surface area contributed by atoms with E-state index in [1.54, 1.807) is 4.90 Å². The summed E-state index contributed by atoms with van der Waals surface area (Å²) < 4.78 is 5.34. The van der Waals surface area contributed by atoms with Crippen LogP contribution in [0.5, 0.6) is 0 Å². The molecular formula is C11H19N3O3. The molecule has 0 bridgehead atoms. The molecule has 0 aromatic rings. The molecule has 6 heteroatoms. The Hall–Kier alpha value is -1.14. The Kier molecular flexibility index (Phi) is 3.96. The van der Waals surface area contributed by atoms with Gasteiger partial charge in [-0.05, 0) is 13.3 Å². The maximum Gasteiger partial charge on any atom is 0.311 e. The van der Waals surface area contributed by atoms with Gasteiger partial charge < -0.3 is 20.3 Å². The van der Waals surface area contributed by atoms with Gasteiger partial charge in [0, 0.05) is 32.8 Å². The molecular weight excluding hydrogens is 222 g/mol. The fourth-order valence-electron chi connectivity index (χ4n) is 2.16. The number of amides is 2. The summed E-state index contributed by atoms with van der Waals surface area (Å²) in [5.41, 5.74) is 0. The van der Waals surface area contributed by atoms with Crippen LogP contribution in [0, 0.1) is 0 Å². The van der Waals surface area contributed by atoms with Crippen molar-refractivity contribution in [1.29, 1.82) is 0 Å². The second kappa shape index (κ2) is 5.46. The Morgan fingerprint density at radius 3 is 2.65 bits per heavy atom. The van der Waals surface area contributed by atoms with Crippen LogP contribution in [0.1, 0.15) is 13.3 Å². The van der Waals surface area contributed by atoms with Gasteiger partial charge in [0.2, 0.25) is 0 Å². The minimum Gasteiger partial charge on any atom is -0.376 e. The highest BCUT2D eigenvalue weighted by Gasteiger charge is 2.30. The summed E-state index contributed by atoms with van der Waals surface area (Å²) in [6.07, 6.45) is 0.775. The van der Waals surface area contributed by atoms with E-state index in [4.69, 9.17) is 4.74 Å². The third kappa shape index (κ3) is 2.95. The largest absolute Gasteiger partial charge is 0.376 e. The molecule has 0 aromatic heterocycles. The van der Waals surface area contributed by atoms with Crippen LogP contribution in [0.4, 0.5) is 0 Å². The molecule has 96 valence electrons. The SMILES string of the molecule is CC1OCCC1NC(=O)C(=O)N1CCNCC1. The van der Waals surface area contributed by atoms with E-state index in [0.717, 1.165) is 19.5 Å². The zero-order valence-corrected chi connectivity index (χ0v) is 10.1. The molecule has 6 nitrogen and oxygen atoms in total. The molecule has 2 rings (SSSR count). The number of carbonyl (C=O) groups is 2. The van der Waals surface area contributed by atoms with Gasteiger partial charge in [-0.3, -0.25) is 9.59 Å². The van der Waals surface area contributed by atoms with Gasteiger partial charge in [-0.2, -0.15) is 0 Å². The summed E-state index contributed by atoms with van der Waals surface area (Å²) in [7, 11) is 0. The van der Waals surface area contributed by atoms with Crippen molar-refractivity contribution in [1.82, 2.24) is 15.5 Å². The monoisotopic (exact) mass is 241 g/mol. The van der Waals surface area contributed by atoms with E-state index in [1.807, 2.05) is 6.92 Å². The van der Waals surface area contributed by atoms with Crippen molar-refractivity contribution in [3.63, 3.8) is 0 Å². The number of nitrogens with zero attached hydrogens (tertiary/aromatic N) is 1. The van der Waals surface area contributed by atoms with Crippen molar-refractivity contribution in [3.05, 3.63) is 0 Å². The molecule has 2 amide bonds. The Balaban J connectivity index is 1.84. The first kappa shape index (κ1) is 12.3. The van der Waals surface area contributed by atoms with Gasteiger partial charge in [-0.1, -0.05) is 0 Å². The van der Waals surface area contributed by atoms with Crippen LogP contribution in [-0.4, -0.2) is 61.6 Å². The minimum absolute atomic E-state index is 0.00484. The maximum absolute atomic E-state index is 11.8. The van der Waals surface area contributed by atoms with Crippen molar-refractivity contribution < 1.29 is 14.3 Å². The molecule has 2 unspecified atom stereocenters.